The Kier molecular flexibility index (Phi) is 2.51. The van der Waals surface area contributed by atoms with E-state index in [-0.39, 0.29) is 6.04 Å². The van der Waals surface area contributed by atoms with Crippen molar-refractivity contribution in [2.75, 3.05) is 12.3 Å². The third kappa shape index (κ3) is 1.57. The second kappa shape index (κ2) is 3.50. The highest BCUT2D eigenvalue weighted by Crippen LogP contribution is 2.38. The van der Waals surface area contributed by atoms with E-state index in [0.717, 1.165) is 18.7 Å². The second-order valence-corrected chi connectivity index (χ2v) is 5.14. The molecule has 2 saturated heterocycles. The van der Waals surface area contributed by atoms with Crippen LogP contribution in [0, 0.1) is 0 Å². The van der Waals surface area contributed by atoms with Crippen molar-refractivity contribution in [2.24, 2.45) is 0 Å². The lowest BCUT2D eigenvalue weighted by Gasteiger charge is -2.31. The molecule has 2 fully saturated rings. The third-order valence-corrected chi connectivity index (χ3v) is 4.40. The van der Waals surface area contributed by atoms with Crippen LogP contribution in [-0.2, 0) is 4.79 Å². The van der Waals surface area contributed by atoms with E-state index in [0.29, 0.717) is 11.3 Å². The van der Waals surface area contributed by atoms with Gasteiger partial charge < -0.3 is 5.11 Å². The average Bonchev–Trinajstić information content (AvgIpc) is 2.65. The van der Waals surface area contributed by atoms with E-state index in [4.69, 9.17) is 5.11 Å². The zero-order valence-electron chi connectivity index (χ0n) is 7.77. The lowest BCUT2D eigenvalue weighted by atomic mass is 10.1. The summed E-state index contributed by atoms with van der Waals surface area (Å²) in [6, 6.07) is 0.298. The zero-order valence-corrected chi connectivity index (χ0v) is 8.59. The Labute approximate surface area is 82.5 Å². The molecule has 2 aliphatic rings. The van der Waals surface area contributed by atoms with Crippen LogP contribution in [0.2, 0.25) is 0 Å². The van der Waals surface area contributed by atoms with Gasteiger partial charge >= 0.3 is 5.97 Å². The monoisotopic (exact) mass is 201 g/mol. The predicted molar refractivity (Wildman–Crippen MR) is 53.1 cm³/mol. The average molecular weight is 201 g/mol. The van der Waals surface area contributed by atoms with Gasteiger partial charge in [0.15, 0.2) is 0 Å². The first-order valence-corrected chi connectivity index (χ1v) is 5.87. The molecule has 1 N–H and O–H groups in total. The van der Waals surface area contributed by atoms with Crippen molar-refractivity contribution in [3.63, 3.8) is 0 Å². The summed E-state index contributed by atoms with van der Waals surface area (Å²) in [7, 11) is 0. The molecule has 3 unspecified atom stereocenters. The number of fused-ring (bicyclic) bond motifs is 2. The van der Waals surface area contributed by atoms with E-state index < -0.39 is 5.97 Å². The Bertz CT molecular complexity index is 222. The molecule has 0 aromatic heterocycles. The van der Waals surface area contributed by atoms with Crippen molar-refractivity contribution in [3.05, 3.63) is 0 Å². The largest absolute Gasteiger partial charge is 0.480 e. The van der Waals surface area contributed by atoms with Gasteiger partial charge in [-0.15, -0.1) is 0 Å². The molecular weight excluding hydrogens is 186 g/mol. The Morgan fingerprint density at radius 2 is 2.54 bits per heavy atom. The summed E-state index contributed by atoms with van der Waals surface area (Å²) >= 11 is 2.00. The minimum atomic E-state index is -0.653. The van der Waals surface area contributed by atoms with Crippen molar-refractivity contribution < 1.29 is 9.90 Å². The van der Waals surface area contributed by atoms with Gasteiger partial charge in [0, 0.05) is 23.6 Å². The molecule has 2 heterocycles. The maximum Gasteiger partial charge on any atom is 0.320 e. The van der Waals surface area contributed by atoms with Gasteiger partial charge in [0.05, 0.1) is 0 Å². The van der Waals surface area contributed by atoms with Crippen molar-refractivity contribution in [2.45, 2.75) is 37.1 Å². The highest BCUT2D eigenvalue weighted by Gasteiger charge is 2.43. The molecule has 0 spiro atoms. The minimum Gasteiger partial charge on any atom is -0.480 e. The number of nitrogens with zero attached hydrogens (tertiary/aromatic N) is 1. The number of likely N-dealkylation sites (tertiary alicyclic amines) is 1. The maximum atomic E-state index is 10.9. The van der Waals surface area contributed by atoms with Gasteiger partial charge in [0.25, 0.3) is 0 Å². The Morgan fingerprint density at radius 3 is 2.92 bits per heavy atom. The molecule has 2 rings (SSSR count). The standard InChI is InChI=1S/C9H15NO2S/c1-2-8(9(11)12)10-4-7-3-6(10)5-13-7/h6-8H,2-5H2,1H3,(H,11,12). The first-order chi connectivity index (χ1) is 6.22. The van der Waals surface area contributed by atoms with Crippen LogP contribution in [0.3, 0.4) is 0 Å². The van der Waals surface area contributed by atoms with Gasteiger partial charge in [-0.3, -0.25) is 9.69 Å². The summed E-state index contributed by atoms with van der Waals surface area (Å²) in [5, 5.41) is 9.72. The van der Waals surface area contributed by atoms with E-state index in [1.54, 1.807) is 0 Å². The zero-order chi connectivity index (χ0) is 9.42. The van der Waals surface area contributed by atoms with Crippen molar-refractivity contribution >= 4 is 17.7 Å². The number of hydrogen-bond acceptors (Lipinski definition) is 3. The van der Waals surface area contributed by atoms with Gasteiger partial charge in [0.1, 0.15) is 6.04 Å². The van der Waals surface area contributed by atoms with Crippen LogP contribution in [0.1, 0.15) is 19.8 Å². The number of carboxylic acid groups (broad SMARTS) is 1. The van der Waals surface area contributed by atoms with Crippen LogP contribution < -0.4 is 0 Å². The summed E-state index contributed by atoms with van der Waals surface area (Å²) in [6.07, 6.45) is 1.93. The molecule has 0 aromatic carbocycles. The maximum absolute atomic E-state index is 10.9. The third-order valence-electron chi connectivity index (χ3n) is 3.01. The lowest BCUT2D eigenvalue weighted by Crippen LogP contribution is -2.46. The second-order valence-electron chi connectivity index (χ2n) is 3.80. The normalized spacial score (nSPS) is 35.2. The van der Waals surface area contributed by atoms with Gasteiger partial charge in [-0.2, -0.15) is 11.8 Å². The smallest absolute Gasteiger partial charge is 0.320 e. The summed E-state index contributed by atoms with van der Waals surface area (Å²) < 4.78 is 0. The summed E-state index contributed by atoms with van der Waals surface area (Å²) in [6.45, 7) is 2.94. The molecule has 0 radical (unpaired) electrons. The number of hydrogen-bond donors (Lipinski definition) is 1. The molecule has 0 saturated carbocycles. The fourth-order valence-electron chi connectivity index (χ4n) is 2.36. The number of thioether (sulfide) groups is 1. The van der Waals surface area contributed by atoms with Gasteiger partial charge in [-0.25, -0.2) is 0 Å². The number of carbonyl (C=O) groups is 1. The molecule has 0 aromatic rings. The van der Waals surface area contributed by atoms with Gasteiger partial charge in [-0.1, -0.05) is 6.92 Å². The number of rotatable bonds is 3. The molecule has 13 heavy (non-hydrogen) atoms. The van der Waals surface area contributed by atoms with E-state index in [9.17, 15) is 4.79 Å². The molecule has 2 bridgehead atoms. The molecule has 4 heteroatoms. The van der Waals surface area contributed by atoms with E-state index in [1.807, 2.05) is 18.7 Å². The van der Waals surface area contributed by atoms with Crippen LogP contribution >= 0.6 is 11.8 Å². The van der Waals surface area contributed by atoms with E-state index >= 15 is 0 Å². The quantitative estimate of drug-likeness (QED) is 0.740. The highest BCUT2D eigenvalue weighted by atomic mass is 32.2. The van der Waals surface area contributed by atoms with Gasteiger partial charge in [0.2, 0.25) is 0 Å². The van der Waals surface area contributed by atoms with E-state index in [1.165, 1.54) is 6.42 Å². The van der Waals surface area contributed by atoms with Gasteiger partial charge in [-0.05, 0) is 12.8 Å². The molecule has 3 nitrogen and oxygen atoms in total. The van der Waals surface area contributed by atoms with Crippen molar-refractivity contribution in [1.29, 1.82) is 0 Å². The summed E-state index contributed by atoms with van der Waals surface area (Å²) in [4.78, 5) is 13.1. The molecular formula is C9H15NO2S. The molecule has 0 aliphatic carbocycles. The topological polar surface area (TPSA) is 40.5 Å². The minimum absolute atomic E-state index is 0.240. The molecule has 74 valence electrons. The SMILES string of the molecule is CCC(C(=O)O)N1CC2CC1CS2. The van der Waals surface area contributed by atoms with Crippen LogP contribution in [0.15, 0.2) is 0 Å². The lowest BCUT2D eigenvalue weighted by molar-refractivity contribution is -0.143. The Balaban J connectivity index is 2.04. The molecule has 3 atom stereocenters. The van der Waals surface area contributed by atoms with Crippen LogP contribution in [0.4, 0.5) is 0 Å². The van der Waals surface area contributed by atoms with Crippen molar-refractivity contribution in [1.82, 2.24) is 4.90 Å². The Hall–Kier alpha value is -0.220. The number of carboxylic acids is 1. The van der Waals surface area contributed by atoms with Crippen LogP contribution in [0.25, 0.3) is 0 Å². The first kappa shape index (κ1) is 9.34. The van der Waals surface area contributed by atoms with E-state index in [2.05, 4.69) is 4.90 Å². The first-order valence-electron chi connectivity index (χ1n) is 4.82. The van der Waals surface area contributed by atoms with Crippen LogP contribution in [0.5, 0.6) is 0 Å². The summed E-state index contributed by atoms with van der Waals surface area (Å²) in [5.74, 6) is 0.481. The van der Waals surface area contributed by atoms with Crippen LogP contribution in [-0.4, -0.2) is 45.6 Å². The highest BCUT2D eigenvalue weighted by molar-refractivity contribution is 8.00. The molecule has 2 aliphatic heterocycles. The Morgan fingerprint density at radius 1 is 1.77 bits per heavy atom. The molecule has 0 amide bonds. The predicted octanol–water partition coefficient (Wildman–Crippen LogP) is 1.04. The van der Waals surface area contributed by atoms with Crippen molar-refractivity contribution in [3.8, 4) is 0 Å². The fraction of sp³-hybridized carbons (Fsp3) is 0.889. The fourth-order valence-corrected chi connectivity index (χ4v) is 3.82. The number of aliphatic carboxylic acids is 1. The summed E-state index contributed by atoms with van der Waals surface area (Å²) in [5.41, 5.74) is 0.